The SMILES string of the molecule is CC(C)c1ccc(S(=O)(=O)N2CCNCC2C(=O)O)cc1. The van der Waals surface area contributed by atoms with Gasteiger partial charge < -0.3 is 10.4 Å². The van der Waals surface area contributed by atoms with Gasteiger partial charge in [0.05, 0.1) is 4.90 Å². The van der Waals surface area contributed by atoms with Gasteiger partial charge in [0.1, 0.15) is 6.04 Å². The Hall–Kier alpha value is -1.44. The van der Waals surface area contributed by atoms with Gasteiger partial charge in [-0.05, 0) is 23.6 Å². The van der Waals surface area contributed by atoms with Crippen LogP contribution in [0.1, 0.15) is 25.3 Å². The Morgan fingerprint density at radius 3 is 2.48 bits per heavy atom. The molecule has 2 N–H and O–H groups in total. The quantitative estimate of drug-likeness (QED) is 0.861. The van der Waals surface area contributed by atoms with Gasteiger partial charge >= 0.3 is 5.97 Å². The van der Waals surface area contributed by atoms with Crippen LogP contribution in [0, 0.1) is 0 Å². The highest BCUT2D eigenvalue weighted by molar-refractivity contribution is 7.89. The summed E-state index contributed by atoms with van der Waals surface area (Å²) in [4.78, 5) is 11.4. The second-order valence-electron chi connectivity index (χ2n) is 5.40. The Balaban J connectivity index is 2.33. The van der Waals surface area contributed by atoms with E-state index < -0.39 is 22.0 Å². The normalized spacial score (nSPS) is 20.6. The number of carboxylic acids is 1. The first kappa shape index (κ1) is 15.9. The van der Waals surface area contributed by atoms with Crippen LogP contribution in [0.2, 0.25) is 0 Å². The van der Waals surface area contributed by atoms with Gasteiger partial charge in [-0.15, -0.1) is 0 Å². The molecule has 0 aromatic heterocycles. The summed E-state index contributed by atoms with van der Waals surface area (Å²) >= 11 is 0. The van der Waals surface area contributed by atoms with Crippen molar-refractivity contribution >= 4 is 16.0 Å². The van der Waals surface area contributed by atoms with Crippen LogP contribution in [0.25, 0.3) is 0 Å². The van der Waals surface area contributed by atoms with Crippen molar-refractivity contribution in [2.24, 2.45) is 0 Å². The van der Waals surface area contributed by atoms with Gasteiger partial charge in [0, 0.05) is 19.6 Å². The molecule has 0 amide bonds. The number of carbonyl (C=O) groups is 1. The minimum absolute atomic E-state index is 0.124. The lowest BCUT2D eigenvalue weighted by molar-refractivity contribution is -0.141. The van der Waals surface area contributed by atoms with Crippen LogP contribution in [0.15, 0.2) is 29.2 Å². The van der Waals surface area contributed by atoms with Crippen LogP contribution < -0.4 is 5.32 Å². The lowest BCUT2D eigenvalue weighted by Crippen LogP contribution is -2.56. The molecule has 0 spiro atoms. The van der Waals surface area contributed by atoms with Crippen LogP contribution in [-0.4, -0.2) is 49.5 Å². The number of hydrogen-bond acceptors (Lipinski definition) is 4. The third kappa shape index (κ3) is 3.25. The van der Waals surface area contributed by atoms with Crippen LogP contribution in [0.3, 0.4) is 0 Å². The molecular weight excluding hydrogens is 292 g/mol. The molecule has 1 aromatic carbocycles. The molecular formula is C14H20N2O4S. The predicted molar refractivity (Wildman–Crippen MR) is 78.7 cm³/mol. The van der Waals surface area contributed by atoms with E-state index in [2.05, 4.69) is 5.32 Å². The molecule has 21 heavy (non-hydrogen) atoms. The van der Waals surface area contributed by atoms with Gasteiger partial charge in [-0.1, -0.05) is 26.0 Å². The number of rotatable bonds is 4. The van der Waals surface area contributed by atoms with E-state index in [4.69, 9.17) is 0 Å². The summed E-state index contributed by atoms with van der Waals surface area (Å²) in [5, 5.41) is 12.1. The summed E-state index contributed by atoms with van der Waals surface area (Å²) in [7, 11) is -3.79. The Bertz CT molecular complexity index is 610. The van der Waals surface area contributed by atoms with Crippen LogP contribution in [0.4, 0.5) is 0 Å². The molecule has 1 saturated heterocycles. The monoisotopic (exact) mass is 312 g/mol. The fraction of sp³-hybridized carbons (Fsp3) is 0.500. The van der Waals surface area contributed by atoms with Crippen molar-refractivity contribution in [1.29, 1.82) is 0 Å². The zero-order chi connectivity index (χ0) is 15.6. The molecule has 1 unspecified atom stereocenters. The number of hydrogen-bond donors (Lipinski definition) is 2. The highest BCUT2D eigenvalue weighted by atomic mass is 32.2. The summed E-state index contributed by atoms with van der Waals surface area (Å²) in [5.74, 6) is -0.822. The third-order valence-electron chi connectivity index (χ3n) is 3.63. The van der Waals surface area contributed by atoms with Gasteiger partial charge in [0.2, 0.25) is 10.0 Å². The zero-order valence-electron chi connectivity index (χ0n) is 12.1. The van der Waals surface area contributed by atoms with Crippen LogP contribution >= 0.6 is 0 Å². The Morgan fingerprint density at radius 1 is 1.33 bits per heavy atom. The molecule has 0 radical (unpaired) electrons. The number of aliphatic carboxylic acids is 1. The van der Waals surface area contributed by atoms with E-state index in [1.807, 2.05) is 13.8 Å². The average molecular weight is 312 g/mol. The third-order valence-corrected chi connectivity index (χ3v) is 5.56. The van der Waals surface area contributed by atoms with E-state index in [0.717, 1.165) is 9.87 Å². The van der Waals surface area contributed by atoms with Crippen molar-refractivity contribution in [2.75, 3.05) is 19.6 Å². The molecule has 0 saturated carbocycles. The van der Waals surface area contributed by atoms with Crippen molar-refractivity contribution in [1.82, 2.24) is 9.62 Å². The maximum atomic E-state index is 12.6. The standard InChI is InChI=1S/C14H20N2O4S/c1-10(2)11-3-5-12(6-4-11)21(19,20)16-8-7-15-9-13(16)14(17)18/h3-6,10,13,15H,7-9H2,1-2H3,(H,17,18). The van der Waals surface area contributed by atoms with Crippen LogP contribution in [-0.2, 0) is 14.8 Å². The molecule has 116 valence electrons. The number of sulfonamides is 1. The molecule has 7 heteroatoms. The largest absolute Gasteiger partial charge is 0.480 e. The predicted octanol–water partition coefficient (Wildman–Crippen LogP) is 0.857. The van der Waals surface area contributed by atoms with Crippen molar-refractivity contribution in [2.45, 2.75) is 30.7 Å². The van der Waals surface area contributed by atoms with Gasteiger partial charge in [-0.3, -0.25) is 4.79 Å². The second kappa shape index (κ2) is 6.13. The molecule has 1 atom stereocenters. The average Bonchev–Trinajstić information content (AvgIpc) is 2.47. The minimum atomic E-state index is -3.79. The van der Waals surface area contributed by atoms with Crippen LogP contribution in [0.5, 0.6) is 0 Å². The summed E-state index contributed by atoms with van der Waals surface area (Å²) in [6, 6.07) is 5.58. The second-order valence-corrected chi connectivity index (χ2v) is 7.29. The Kier molecular flexibility index (Phi) is 4.65. The van der Waals surface area contributed by atoms with E-state index in [0.29, 0.717) is 12.5 Å². The first-order valence-corrected chi connectivity index (χ1v) is 8.33. The summed E-state index contributed by atoms with van der Waals surface area (Å²) < 4.78 is 26.3. The van der Waals surface area contributed by atoms with E-state index in [1.165, 1.54) is 0 Å². The summed E-state index contributed by atoms with van der Waals surface area (Å²) in [5.41, 5.74) is 1.05. The van der Waals surface area contributed by atoms with E-state index >= 15 is 0 Å². The van der Waals surface area contributed by atoms with Crippen molar-refractivity contribution in [3.05, 3.63) is 29.8 Å². The fourth-order valence-electron chi connectivity index (χ4n) is 2.34. The molecule has 1 fully saturated rings. The topological polar surface area (TPSA) is 86.7 Å². The maximum Gasteiger partial charge on any atom is 0.323 e. The molecule has 1 aliphatic rings. The first-order valence-electron chi connectivity index (χ1n) is 6.89. The summed E-state index contributed by atoms with van der Waals surface area (Å²) in [6.45, 7) is 4.79. The van der Waals surface area contributed by atoms with Gasteiger partial charge in [-0.2, -0.15) is 4.31 Å². The van der Waals surface area contributed by atoms with Gasteiger partial charge in [0.15, 0.2) is 0 Å². The molecule has 0 aliphatic carbocycles. The fourth-order valence-corrected chi connectivity index (χ4v) is 3.93. The van der Waals surface area contributed by atoms with Gasteiger partial charge in [0.25, 0.3) is 0 Å². The van der Waals surface area contributed by atoms with Crippen molar-refractivity contribution in [3.63, 3.8) is 0 Å². The summed E-state index contributed by atoms with van der Waals surface area (Å²) in [6.07, 6.45) is 0. The van der Waals surface area contributed by atoms with Crippen molar-refractivity contribution < 1.29 is 18.3 Å². The molecule has 1 aromatic rings. The highest BCUT2D eigenvalue weighted by Crippen LogP contribution is 2.22. The smallest absolute Gasteiger partial charge is 0.323 e. The van der Waals surface area contributed by atoms with E-state index in [-0.39, 0.29) is 18.0 Å². The number of benzene rings is 1. The molecule has 6 nitrogen and oxygen atoms in total. The van der Waals surface area contributed by atoms with Gasteiger partial charge in [-0.25, -0.2) is 8.42 Å². The Labute approximate surface area is 124 Å². The highest BCUT2D eigenvalue weighted by Gasteiger charge is 2.37. The number of piperazine rings is 1. The van der Waals surface area contributed by atoms with E-state index in [9.17, 15) is 18.3 Å². The van der Waals surface area contributed by atoms with E-state index in [1.54, 1.807) is 24.3 Å². The van der Waals surface area contributed by atoms with Crippen molar-refractivity contribution in [3.8, 4) is 0 Å². The molecule has 1 heterocycles. The number of nitrogens with zero attached hydrogens (tertiary/aromatic N) is 1. The minimum Gasteiger partial charge on any atom is -0.480 e. The lowest BCUT2D eigenvalue weighted by atomic mass is 10.0. The number of carboxylic acid groups (broad SMARTS) is 1. The maximum absolute atomic E-state index is 12.6. The lowest BCUT2D eigenvalue weighted by Gasteiger charge is -2.32. The molecule has 2 rings (SSSR count). The molecule has 1 aliphatic heterocycles. The Morgan fingerprint density at radius 2 is 1.95 bits per heavy atom. The first-order chi connectivity index (χ1) is 9.84. The molecule has 0 bridgehead atoms. The zero-order valence-corrected chi connectivity index (χ0v) is 12.9. The number of nitrogens with one attached hydrogen (secondary N) is 1.